The zero-order valence-electron chi connectivity index (χ0n) is 7.15. The minimum absolute atomic E-state index is 0.194. The summed E-state index contributed by atoms with van der Waals surface area (Å²) >= 11 is 0. The highest BCUT2D eigenvalue weighted by atomic mass is 16.8. The van der Waals surface area contributed by atoms with E-state index >= 15 is 0 Å². The van der Waals surface area contributed by atoms with Crippen LogP contribution >= 0.6 is 0 Å². The molecule has 0 N–H and O–H groups in total. The molecule has 0 radical (unpaired) electrons. The van der Waals surface area contributed by atoms with Gasteiger partial charge >= 0.3 is 0 Å². The summed E-state index contributed by atoms with van der Waals surface area (Å²) in [6, 6.07) is 0. The van der Waals surface area contributed by atoms with Crippen LogP contribution in [-0.4, -0.2) is 46.8 Å². The zero-order valence-corrected chi connectivity index (χ0v) is 7.15. The van der Waals surface area contributed by atoms with Gasteiger partial charge in [0.05, 0.1) is 13.2 Å². The zero-order chi connectivity index (χ0) is 8.65. The van der Waals surface area contributed by atoms with Crippen LogP contribution in [-0.2, 0) is 23.7 Å². The summed E-state index contributed by atoms with van der Waals surface area (Å²) in [7, 11) is 1.56. The lowest BCUT2D eigenvalue weighted by Crippen LogP contribution is -2.09. The third kappa shape index (κ3) is 5.45. The van der Waals surface area contributed by atoms with Crippen LogP contribution in [0, 0.1) is 0 Å². The van der Waals surface area contributed by atoms with Gasteiger partial charge < -0.3 is 23.7 Å². The molecule has 0 saturated carbocycles. The molecule has 1 unspecified atom stereocenters. The van der Waals surface area contributed by atoms with Crippen molar-refractivity contribution in [2.45, 2.75) is 6.10 Å². The van der Waals surface area contributed by atoms with Crippen molar-refractivity contribution in [3.8, 4) is 0 Å². The molecule has 0 aliphatic carbocycles. The van der Waals surface area contributed by atoms with Gasteiger partial charge in [0.15, 0.2) is 6.79 Å². The van der Waals surface area contributed by atoms with Crippen LogP contribution in [0.25, 0.3) is 0 Å². The van der Waals surface area contributed by atoms with E-state index < -0.39 is 0 Å². The maximum atomic E-state index is 5.07. The Labute approximate surface area is 71.5 Å². The molecule has 72 valence electrons. The van der Waals surface area contributed by atoms with Gasteiger partial charge in [-0.25, -0.2) is 0 Å². The van der Waals surface area contributed by atoms with Crippen molar-refractivity contribution in [3.05, 3.63) is 0 Å². The van der Waals surface area contributed by atoms with Crippen LogP contribution in [0.5, 0.6) is 0 Å². The minimum atomic E-state index is 0.194. The Morgan fingerprint density at radius 1 is 1.17 bits per heavy atom. The predicted molar refractivity (Wildman–Crippen MR) is 39.5 cm³/mol. The van der Waals surface area contributed by atoms with Gasteiger partial charge in [0.25, 0.3) is 0 Å². The standard InChI is InChI=1S/C7H14O5/c1-8-4-10-6-11-5-9-2-7-3-12-7/h7H,2-6H2,1H3. The molecule has 0 amide bonds. The molecule has 1 rings (SSSR count). The summed E-state index contributed by atoms with van der Waals surface area (Å²) in [6.45, 7) is 2.08. The maximum absolute atomic E-state index is 5.07. The first-order valence-corrected chi connectivity index (χ1v) is 3.77. The number of rotatable bonds is 8. The lowest BCUT2D eigenvalue weighted by Gasteiger charge is -2.04. The molecule has 1 heterocycles. The molecule has 1 atom stereocenters. The van der Waals surface area contributed by atoms with Gasteiger partial charge in [0, 0.05) is 7.11 Å². The van der Waals surface area contributed by atoms with Gasteiger partial charge in [-0.3, -0.25) is 0 Å². The molecule has 1 aliphatic heterocycles. The Kier molecular flexibility index (Phi) is 5.21. The molecule has 1 fully saturated rings. The van der Waals surface area contributed by atoms with Gasteiger partial charge in [0.2, 0.25) is 0 Å². The van der Waals surface area contributed by atoms with E-state index in [9.17, 15) is 0 Å². The van der Waals surface area contributed by atoms with E-state index in [-0.39, 0.29) is 26.5 Å². The van der Waals surface area contributed by atoms with Crippen LogP contribution in [0.1, 0.15) is 0 Å². The van der Waals surface area contributed by atoms with Crippen molar-refractivity contribution >= 4 is 0 Å². The topological polar surface area (TPSA) is 49.5 Å². The lowest BCUT2D eigenvalue weighted by molar-refractivity contribution is -0.164. The first-order chi connectivity index (χ1) is 5.93. The normalized spacial score (nSPS) is 21.2. The van der Waals surface area contributed by atoms with E-state index in [4.69, 9.17) is 18.9 Å². The number of hydrogen-bond acceptors (Lipinski definition) is 5. The number of methoxy groups -OCH3 is 1. The Balaban J connectivity index is 1.65. The SMILES string of the molecule is COCOCOCOCC1CO1. The molecule has 5 nitrogen and oxygen atoms in total. The monoisotopic (exact) mass is 178 g/mol. The summed E-state index contributed by atoms with van der Waals surface area (Å²) in [6.07, 6.45) is 0.286. The highest BCUT2D eigenvalue weighted by Gasteiger charge is 2.21. The third-order valence-corrected chi connectivity index (χ3v) is 1.24. The second-order valence-electron chi connectivity index (χ2n) is 2.38. The quantitative estimate of drug-likeness (QED) is 0.296. The average Bonchev–Trinajstić information content (AvgIpc) is 2.87. The van der Waals surface area contributed by atoms with Crippen molar-refractivity contribution in [2.24, 2.45) is 0 Å². The molecule has 12 heavy (non-hydrogen) atoms. The smallest absolute Gasteiger partial charge is 0.152 e. The van der Waals surface area contributed by atoms with Gasteiger partial charge in [-0.05, 0) is 0 Å². The van der Waals surface area contributed by atoms with E-state index in [2.05, 4.69) is 4.74 Å². The molecule has 0 bridgehead atoms. The van der Waals surface area contributed by atoms with Crippen molar-refractivity contribution in [1.82, 2.24) is 0 Å². The number of ether oxygens (including phenoxy) is 5. The number of hydrogen-bond donors (Lipinski definition) is 0. The van der Waals surface area contributed by atoms with Crippen LogP contribution < -0.4 is 0 Å². The average molecular weight is 178 g/mol. The first kappa shape index (κ1) is 9.88. The van der Waals surface area contributed by atoms with E-state index in [1.807, 2.05) is 0 Å². The fraction of sp³-hybridized carbons (Fsp3) is 1.00. The molecular formula is C7H14O5. The fourth-order valence-corrected chi connectivity index (χ4v) is 0.613. The fourth-order valence-electron chi connectivity index (χ4n) is 0.613. The molecule has 5 heteroatoms. The largest absolute Gasteiger partial charge is 0.371 e. The van der Waals surface area contributed by atoms with Gasteiger partial charge in [0.1, 0.15) is 19.7 Å². The van der Waals surface area contributed by atoms with Gasteiger partial charge in [-0.15, -0.1) is 0 Å². The summed E-state index contributed by atoms with van der Waals surface area (Å²) in [4.78, 5) is 0. The molecule has 0 aromatic heterocycles. The van der Waals surface area contributed by atoms with Gasteiger partial charge in [-0.2, -0.15) is 0 Å². The van der Waals surface area contributed by atoms with Crippen molar-refractivity contribution < 1.29 is 23.7 Å². The summed E-state index contributed by atoms with van der Waals surface area (Å²) in [5, 5.41) is 0. The molecule has 0 aromatic rings. The lowest BCUT2D eigenvalue weighted by atomic mass is 10.5. The predicted octanol–water partition coefficient (Wildman–Crippen LogP) is -0.0461. The first-order valence-electron chi connectivity index (χ1n) is 3.77. The van der Waals surface area contributed by atoms with Gasteiger partial charge in [-0.1, -0.05) is 0 Å². The van der Waals surface area contributed by atoms with E-state index in [1.165, 1.54) is 0 Å². The Hall–Kier alpha value is -0.200. The molecule has 1 aliphatic rings. The Bertz CT molecular complexity index is 104. The van der Waals surface area contributed by atoms with Crippen LogP contribution in [0.2, 0.25) is 0 Å². The maximum Gasteiger partial charge on any atom is 0.152 e. The second kappa shape index (κ2) is 6.33. The molecule has 1 saturated heterocycles. The van der Waals surface area contributed by atoms with E-state index in [0.717, 1.165) is 6.61 Å². The summed E-state index contributed by atoms with van der Waals surface area (Å²) < 4.78 is 24.4. The second-order valence-corrected chi connectivity index (χ2v) is 2.38. The van der Waals surface area contributed by atoms with Crippen LogP contribution in [0.3, 0.4) is 0 Å². The van der Waals surface area contributed by atoms with Crippen molar-refractivity contribution in [2.75, 3.05) is 40.7 Å². The number of epoxide rings is 1. The van der Waals surface area contributed by atoms with Crippen molar-refractivity contribution in [1.29, 1.82) is 0 Å². The summed E-state index contributed by atoms with van der Waals surface area (Å²) in [5.74, 6) is 0. The van der Waals surface area contributed by atoms with E-state index in [0.29, 0.717) is 6.61 Å². The van der Waals surface area contributed by atoms with Crippen LogP contribution in [0.4, 0.5) is 0 Å². The highest BCUT2D eigenvalue weighted by Crippen LogP contribution is 2.07. The minimum Gasteiger partial charge on any atom is -0.371 e. The summed E-state index contributed by atoms with van der Waals surface area (Å²) in [5.41, 5.74) is 0. The Morgan fingerprint density at radius 2 is 1.83 bits per heavy atom. The van der Waals surface area contributed by atoms with E-state index in [1.54, 1.807) is 7.11 Å². The van der Waals surface area contributed by atoms with Crippen LogP contribution in [0.15, 0.2) is 0 Å². The Morgan fingerprint density at radius 3 is 2.50 bits per heavy atom. The third-order valence-electron chi connectivity index (χ3n) is 1.24. The van der Waals surface area contributed by atoms with Crippen molar-refractivity contribution in [3.63, 3.8) is 0 Å². The molecule has 0 aromatic carbocycles. The molecule has 0 spiro atoms. The molecular weight excluding hydrogens is 164 g/mol. The highest BCUT2D eigenvalue weighted by molar-refractivity contribution is 4.66.